The van der Waals surface area contributed by atoms with Gasteiger partial charge in [-0.3, -0.25) is 9.59 Å². The summed E-state index contributed by atoms with van der Waals surface area (Å²) in [6.07, 6.45) is 101. The number of hydrogen-bond donors (Lipinski definition) is 3. The molecule has 1 amide bonds. The Labute approximate surface area is 551 Å². The summed E-state index contributed by atoms with van der Waals surface area (Å²) < 4.78 is 5.48. The molecule has 0 radical (unpaired) electrons. The van der Waals surface area contributed by atoms with Gasteiger partial charge in [0.25, 0.3) is 0 Å². The SMILES string of the molecule is CCC/C=C\C/C=C\CCCCCCCC(=O)OCCCCCCCCCCCCCCCCCC/C=C\CCCCCCCCCCCCCCCCCCCC(=O)NC(CO)C(O)CCCCCCCCCCCCCCCCCCCCCCC. The summed E-state index contributed by atoms with van der Waals surface area (Å²) >= 11 is 0. The van der Waals surface area contributed by atoms with E-state index in [2.05, 4.69) is 55.6 Å². The number of carbonyl (C=O) groups excluding carboxylic acids is 2. The molecule has 0 heterocycles. The second-order valence-electron chi connectivity index (χ2n) is 27.7. The first kappa shape index (κ1) is 86.1. The van der Waals surface area contributed by atoms with Crippen molar-refractivity contribution < 1.29 is 24.5 Å². The van der Waals surface area contributed by atoms with Gasteiger partial charge in [-0.1, -0.05) is 397 Å². The lowest BCUT2D eigenvalue weighted by Crippen LogP contribution is -2.45. The Morgan fingerprint density at radius 2 is 0.591 bits per heavy atom. The molecular weight excluding hydrogens is 1080 g/mol. The number of amides is 1. The third-order valence-electron chi connectivity index (χ3n) is 18.9. The normalized spacial score (nSPS) is 12.6. The fraction of sp³-hybridized carbons (Fsp3) is 0.902. The molecule has 6 nitrogen and oxygen atoms in total. The van der Waals surface area contributed by atoms with E-state index < -0.39 is 12.1 Å². The molecule has 0 aromatic heterocycles. The van der Waals surface area contributed by atoms with E-state index in [1.807, 2.05) is 0 Å². The van der Waals surface area contributed by atoms with Crippen LogP contribution < -0.4 is 5.32 Å². The van der Waals surface area contributed by atoms with Crippen molar-refractivity contribution in [3.05, 3.63) is 36.5 Å². The number of allylic oxidation sites excluding steroid dienone is 6. The van der Waals surface area contributed by atoms with Crippen molar-refractivity contribution in [3.63, 3.8) is 0 Å². The molecular formula is C82H157NO5. The van der Waals surface area contributed by atoms with Gasteiger partial charge < -0.3 is 20.3 Å². The van der Waals surface area contributed by atoms with Gasteiger partial charge in [-0.25, -0.2) is 0 Å². The van der Waals surface area contributed by atoms with Crippen LogP contribution in [0.5, 0.6) is 0 Å². The van der Waals surface area contributed by atoms with E-state index in [-0.39, 0.29) is 18.5 Å². The molecule has 0 aromatic carbocycles. The van der Waals surface area contributed by atoms with Crippen LogP contribution >= 0.6 is 0 Å². The molecule has 0 bridgehead atoms. The Bertz CT molecular complexity index is 1430. The molecule has 0 spiro atoms. The third kappa shape index (κ3) is 73.1. The van der Waals surface area contributed by atoms with Gasteiger partial charge in [0.1, 0.15) is 0 Å². The highest BCUT2D eigenvalue weighted by molar-refractivity contribution is 5.76. The first-order valence-electron chi connectivity index (χ1n) is 40.2. The van der Waals surface area contributed by atoms with Crippen molar-refractivity contribution in [2.24, 2.45) is 0 Å². The molecule has 520 valence electrons. The Morgan fingerprint density at radius 3 is 0.920 bits per heavy atom. The molecule has 0 saturated heterocycles. The van der Waals surface area contributed by atoms with E-state index in [0.717, 1.165) is 51.4 Å². The lowest BCUT2D eigenvalue weighted by Gasteiger charge is -2.22. The first-order chi connectivity index (χ1) is 43.5. The lowest BCUT2D eigenvalue weighted by molar-refractivity contribution is -0.143. The highest BCUT2D eigenvalue weighted by Gasteiger charge is 2.20. The van der Waals surface area contributed by atoms with Crippen LogP contribution in [0.25, 0.3) is 0 Å². The fourth-order valence-corrected chi connectivity index (χ4v) is 12.8. The molecule has 0 rings (SSSR count). The van der Waals surface area contributed by atoms with Gasteiger partial charge in [-0.15, -0.1) is 0 Å². The summed E-state index contributed by atoms with van der Waals surface area (Å²) in [4.78, 5) is 24.6. The number of aliphatic hydroxyl groups is 2. The molecule has 0 fully saturated rings. The zero-order valence-corrected chi connectivity index (χ0v) is 59.7. The summed E-state index contributed by atoms with van der Waals surface area (Å²) in [7, 11) is 0. The highest BCUT2D eigenvalue weighted by Crippen LogP contribution is 2.20. The molecule has 88 heavy (non-hydrogen) atoms. The summed E-state index contributed by atoms with van der Waals surface area (Å²) in [6, 6.07) is -0.539. The fourth-order valence-electron chi connectivity index (χ4n) is 12.8. The van der Waals surface area contributed by atoms with Crippen molar-refractivity contribution >= 4 is 11.9 Å². The van der Waals surface area contributed by atoms with Gasteiger partial charge in [0.05, 0.1) is 25.4 Å². The minimum atomic E-state index is -0.663. The number of ether oxygens (including phenoxy) is 1. The molecule has 0 saturated carbocycles. The van der Waals surface area contributed by atoms with Crippen LogP contribution in [0.2, 0.25) is 0 Å². The second-order valence-corrected chi connectivity index (χ2v) is 27.7. The standard InChI is InChI=1S/C82H157NO5/c1-3-5-7-9-11-13-15-17-18-19-20-38-41-44-47-51-54-58-62-66-70-74-80(85)79(78-84)83-81(86)75-71-67-63-59-55-52-48-45-42-39-36-34-32-30-28-26-24-22-21-23-25-27-29-31-33-35-37-40-43-46-49-53-57-61-65-69-73-77-88-82(87)76-72-68-64-60-56-50-16-14-12-10-8-6-4-2/h8,10,14,16,21,23,79-80,84-85H,3-7,9,11-13,15,17-20,22,24-78H2,1-2H3,(H,83,86)/b10-8-,16-14-,23-21-. The maximum absolute atomic E-state index is 12.6. The van der Waals surface area contributed by atoms with E-state index in [1.165, 1.54) is 366 Å². The van der Waals surface area contributed by atoms with E-state index in [9.17, 15) is 19.8 Å². The number of hydrogen-bond acceptors (Lipinski definition) is 5. The maximum atomic E-state index is 12.6. The number of esters is 1. The average Bonchev–Trinajstić information content (AvgIpc) is 3.59. The van der Waals surface area contributed by atoms with Crippen LogP contribution in [-0.2, 0) is 14.3 Å². The van der Waals surface area contributed by atoms with Crippen LogP contribution in [-0.4, -0.2) is 47.4 Å². The van der Waals surface area contributed by atoms with Gasteiger partial charge in [0.15, 0.2) is 0 Å². The Balaban J connectivity index is 3.34. The zero-order chi connectivity index (χ0) is 63.5. The molecule has 3 N–H and O–H groups in total. The van der Waals surface area contributed by atoms with E-state index >= 15 is 0 Å². The summed E-state index contributed by atoms with van der Waals surface area (Å²) in [5.41, 5.74) is 0. The van der Waals surface area contributed by atoms with Crippen LogP contribution in [0.15, 0.2) is 36.5 Å². The third-order valence-corrected chi connectivity index (χ3v) is 18.9. The van der Waals surface area contributed by atoms with Gasteiger partial charge in [0.2, 0.25) is 5.91 Å². The van der Waals surface area contributed by atoms with Crippen LogP contribution in [0.4, 0.5) is 0 Å². The summed E-state index contributed by atoms with van der Waals surface area (Å²) in [5, 5.41) is 23.5. The van der Waals surface area contributed by atoms with Gasteiger partial charge in [-0.05, 0) is 77.0 Å². The minimum Gasteiger partial charge on any atom is -0.466 e. The predicted octanol–water partition coefficient (Wildman–Crippen LogP) is 26.6. The van der Waals surface area contributed by atoms with E-state index in [1.54, 1.807) is 0 Å². The van der Waals surface area contributed by atoms with Crippen molar-refractivity contribution in [2.75, 3.05) is 13.2 Å². The van der Waals surface area contributed by atoms with Crippen molar-refractivity contribution in [1.29, 1.82) is 0 Å². The predicted molar refractivity (Wildman–Crippen MR) is 389 cm³/mol. The molecule has 6 heteroatoms. The minimum absolute atomic E-state index is 0.00658. The van der Waals surface area contributed by atoms with Gasteiger partial charge >= 0.3 is 5.97 Å². The molecule has 2 atom stereocenters. The van der Waals surface area contributed by atoms with Crippen molar-refractivity contribution in [3.8, 4) is 0 Å². The van der Waals surface area contributed by atoms with E-state index in [0.29, 0.717) is 25.9 Å². The lowest BCUT2D eigenvalue weighted by atomic mass is 10.0. The number of unbranched alkanes of at least 4 members (excludes halogenated alkanes) is 59. The van der Waals surface area contributed by atoms with Crippen LogP contribution in [0.3, 0.4) is 0 Å². The topological polar surface area (TPSA) is 95.9 Å². The smallest absolute Gasteiger partial charge is 0.305 e. The summed E-state index contributed by atoms with van der Waals surface area (Å²) in [5.74, 6) is -0.0193. The monoisotopic (exact) mass is 1240 g/mol. The number of aliphatic hydroxyl groups excluding tert-OH is 2. The van der Waals surface area contributed by atoms with Gasteiger partial charge in [-0.2, -0.15) is 0 Å². The van der Waals surface area contributed by atoms with Gasteiger partial charge in [0, 0.05) is 12.8 Å². The average molecular weight is 1240 g/mol. The van der Waals surface area contributed by atoms with Crippen LogP contribution in [0.1, 0.15) is 450 Å². The second kappa shape index (κ2) is 77.5. The Hall–Kier alpha value is -1.92. The highest BCUT2D eigenvalue weighted by atomic mass is 16.5. The quantitative estimate of drug-likeness (QED) is 0.0320. The van der Waals surface area contributed by atoms with E-state index in [4.69, 9.17) is 4.74 Å². The number of nitrogens with one attached hydrogen (secondary N) is 1. The molecule has 0 aliphatic rings. The molecule has 0 aromatic rings. The maximum Gasteiger partial charge on any atom is 0.305 e. The molecule has 0 aliphatic heterocycles. The Morgan fingerprint density at radius 1 is 0.318 bits per heavy atom. The number of rotatable bonds is 76. The van der Waals surface area contributed by atoms with Crippen LogP contribution in [0, 0.1) is 0 Å². The summed E-state index contributed by atoms with van der Waals surface area (Å²) in [6.45, 7) is 4.93. The molecule has 2 unspecified atom stereocenters. The largest absolute Gasteiger partial charge is 0.466 e. The molecule has 0 aliphatic carbocycles. The Kier molecular flexibility index (Phi) is 75.8. The number of carbonyl (C=O) groups is 2. The zero-order valence-electron chi connectivity index (χ0n) is 59.7. The van der Waals surface area contributed by atoms with Crippen molar-refractivity contribution in [1.82, 2.24) is 5.32 Å². The first-order valence-corrected chi connectivity index (χ1v) is 40.2. The van der Waals surface area contributed by atoms with Crippen molar-refractivity contribution in [2.45, 2.75) is 463 Å².